The van der Waals surface area contributed by atoms with Crippen molar-refractivity contribution in [2.75, 3.05) is 53.5 Å². The largest absolute Gasteiger partial charge is 0.481 e. The summed E-state index contributed by atoms with van der Waals surface area (Å²) in [6, 6.07) is 17.1. The van der Waals surface area contributed by atoms with E-state index in [1.54, 1.807) is 21.1 Å². The van der Waals surface area contributed by atoms with Gasteiger partial charge in [0.1, 0.15) is 0 Å². The average molecular weight is 725 g/mol. The molecule has 0 radical (unpaired) electrons. The number of benzene rings is 2. The number of halogens is 2. The molecular weight excluding hydrogens is 681 g/mol. The summed E-state index contributed by atoms with van der Waals surface area (Å²) in [7, 11) is 3.41. The Morgan fingerprint density at radius 3 is 1.67 bits per heavy atom. The van der Waals surface area contributed by atoms with Gasteiger partial charge in [0, 0.05) is 97.1 Å². The molecule has 5 heterocycles. The van der Waals surface area contributed by atoms with E-state index in [1.807, 2.05) is 41.3 Å². The van der Waals surface area contributed by atoms with Crippen LogP contribution < -0.4 is 9.47 Å². The van der Waals surface area contributed by atoms with Gasteiger partial charge in [0.2, 0.25) is 17.7 Å². The third-order valence-corrected chi connectivity index (χ3v) is 12.8. The van der Waals surface area contributed by atoms with Crippen molar-refractivity contribution in [1.29, 1.82) is 0 Å². The highest BCUT2D eigenvalue weighted by molar-refractivity contribution is 6.39. The maximum atomic E-state index is 11.8. The first-order valence-electron chi connectivity index (χ1n) is 18.1. The number of hydrogen-bond acceptors (Lipinski definition) is 7. The zero-order valence-electron chi connectivity index (χ0n) is 29.6. The first-order chi connectivity index (χ1) is 24.7. The molecule has 3 aliphatic heterocycles. The molecule has 264 valence electrons. The lowest BCUT2D eigenvalue weighted by Gasteiger charge is -2.61. The number of aromatic nitrogens is 2. The Labute approximate surface area is 309 Å². The van der Waals surface area contributed by atoms with E-state index in [0.717, 1.165) is 105 Å². The number of nitrogens with zero attached hydrogens (tertiary/aromatic N) is 5. The van der Waals surface area contributed by atoms with Crippen molar-refractivity contribution in [2.45, 2.75) is 51.6 Å². The van der Waals surface area contributed by atoms with Crippen molar-refractivity contribution in [3.8, 4) is 45.4 Å². The molecule has 0 saturated carbocycles. The molecule has 5 aliphatic rings. The molecular formula is C41H43Cl2N5O3. The Morgan fingerprint density at radius 1 is 0.745 bits per heavy atom. The minimum atomic E-state index is 0.170. The number of carbonyl (C=O) groups is 1. The Morgan fingerprint density at radius 2 is 1.22 bits per heavy atom. The predicted octanol–water partition coefficient (Wildman–Crippen LogP) is 7.89. The van der Waals surface area contributed by atoms with Gasteiger partial charge in [-0.3, -0.25) is 14.6 Å². The number of methoxy groups -OCH3 is 2. The number of rotatable bonds is 7. The molecule has 2 atom stereocenters. The summed E-state index contributed by atoms with van der Waals surface area (Å²) in [6.45, 7) is 9.96. The molecule has 0 unspecified atom stereocenters. The molecule has 0 N–H and O–H groups in total. The minimum absolute atomic E-state index is 0.170. The van der Waals surface area contributed by atoms with Crippen molar-refractivity contribution < 1.29 is 14.3 Å². The number of aryl methyl sites for hydroxylation is 2. The van der Waals surface area contributed by atoms with Crippen LogP contribution in [0.3, 0.4) is 0 Å². The van der Waals surface area contributed by atoms with Crippen LogP contribution >= 0.6 is 23.2 Å². The van der Waals surface area contributed by atoms with Gasteiger partial charge in [0.15, 0.2) is 0 Å². The highest BCUT2D eigenvalue weighted by Gasteiger charge is 2.55. The summed E-state index contributed by atoms with van der Waals surface area (Å²) in [6.07, 6.45) is 4.06. The number of pyridine rings is 2. The zero-order valence-corrected chi connectivity index (χ0v) is 31.2. The van der Waals surface area contributed by atoms with Crippen LogP contribution in [0.4, 0.5) is 0 Å². The van der Waals surface area contributed by atoms with E-state index in [0.29, 0.717) is 27.8 Å². The van der Waals surface area contributed by atoms with E-state index in [2.05, 4.69) is 28.9 Å². The van der Waals surface area contributed by atoms with Crippen LogP contribution in [0.5, 0.6) is 11.8 Å². The van der Waals surface area contributed by atoms with E-state index >= 15 is 0 Å². The number of carbonyl (C=O) groups excluding carboxylic acids is 1. The normalized spacial score (nSPS) is 22.3. The monoisotopic (exact) mass is 723 g/mol. The second kappa shape index (κ2) is 12.5. The van der Waals surface area contributed by atoms with Gasteiger partial charge in [-0.05, 0) is 54.9 Å². The van der Waals surface area contributed by atoms with Gasteiger partial charge < -0.3 is 14.4 Å². The SMILES string of the molecule is COc1nc(-c2cccc(-c3cccc(-c4cc5c(c(OC)n4)[C@H](N4CC6(CN(C(C)=O)C6)C4)CC5)c3Cl)c2Cl)cc2c1[C@H](N1CC(C)C1)CC2. The predicted molar refractivity (Wildman–Crippen MR) is 201 cm³/mol. The van der Waals surface area contributed by atoms with Crippen LogP contribution in [0.15, 0.2) is 48.5 Å². The molecule has 3 saturated heterocycles. The highest BCUT2D eigenvalue weighted by Crippen LogP contribution is 2.51. The first-order valence-corrected chi connectivity index (χ1v) is 18.9. The van der Waals surface area contributed by atoms with Crippen molar-refractivity contribution in [3.05, 3.63) is 80.8 Å². The number of fused-ring (bicyclic) bond motifs is 2. The standard InChI is InChI=1S/C41H43Cl2N5O3/c1-23-17-46(18-23)33-13-11-25-15-31(44-39(50-3)35(25)33)29-9-5-7-27(37(29)42)28-8-6-10-30(38(28)43)32-16-26-12-14-34(36(26)40(45-32)51-4)48-21-41(22-48)19-47(20-41)24(2)49/h5-10,15-16,23,33-34H,11-14,17-22H2,1-4H3/t33-,34-/m1/s1. The van der Waals surface area contributed by atoms with Crippen molar-refractivity contribution in [2.24, 2.45) is 11.3 Å². The first kappa shape index (κ1) is 33.2. The van der Waals surface area contributed by atoms with Crippen LogP contribution in [-0.2, 0) is 17.6 Å². The smallest absolute Gasteiger partial charge is 0.219 e. The van der Waals surface area contributed by atoms with E-state index in [9.17, 15) is 4.79 Å². The molecule has 2 aromatic heterocycles. The highest BCUT2D eigenvalue weighted by atomic mass is 35.5. The fourth-order valence-corrected chi connectivity index (χ4v) is 10.2. The number of ether oxygens (including phenoxy) is 2. The summed E-state index contributed by atoms with van der Waals surface area (Å²) in [5.41, 5.74) is 10.2. The molecule has 3 fully saturated rings. The summed E-state index contributed by atoms with van der Waals surface area (Å²) < 4.78 is 11.9. The van der Waals surface area contributed by atoms with Crippen LogP contribution in [-0.4, -0.2) is 84.1 Å². The molecule has 4 aromatic rings. The summed E-state index contributed by atoms with van der Waals surface area (Å²) in [4.78, 5) is 28.9. The molecule has 8 nitrogen and oxygen atoms in total. The molecule has 2 aliphatic carbocycles. The lowest BCUT2D eigenvalue weighted by atomic mass is 9.72. The number of hydrogen-bond donors (Lipinski definition) is 0. The number of likely N-dealkylation sites (tertiary alicyclic amines) is 3. The quantitative estimate of drug-likeness (QED) is 0.192. The molecule has 1 amide bonds. The van der Waals surface area contributed by atoms with E-state index < -0.39 is 0 Å². The van der Waals surface area contributed by atoms with Gasteiger partial charge in [-0.15, -0.1) is 0 Å². The van der Waals surface area contributed by atoms with Gasteiger partial charge >= 0.3 is 0 Å². The van der Waals surface area contributed by atoms with Gasteiger partial charge in [-0.1, -0.05) is 66.5 Å². The van der Waals surface area contributed by atoms with Crippen LogP contribution in [0.2, 0.25) is 10.0 Å². The second-order valence-corrected chi connectivity index (χ2v) is 16.2. The molecule has 2 aromatic carbocycles. The molecule has 9 rings (SSSR count). The van der Waals surface area contributed by atoms with Crippen LogP contribution in [0, 0.1) is 11.3 Å². The van der Waals surface area contributed by atoms with E-state index in [1.165, 1.54) is 22.3 Å². The minimum Gasteiger partial charge on any atom is -0.481 e. The van der Waals surface area contributed by atoms with Gasteiger partial charge in [-0.2, -0.15) is 0 Å². The topological polar surface area (TPSA) is 71.0 Å². The van der Waals surface area contributed by atoms with E-state index in [-0.39, 0.29) is 17.4 Å². The van der Waals surface area contributed by atoms with Crippen LogP contribution in [0.1, 0.15) is 61.0 Å². The molecule has 51 heavy (non-hydrogen) atoms. The number of amides is 1. The average Bonchev–Trinajstić information content (AvgIpc) is 3.69. The van der Waals surface area contributed by atoms with Crippen LogP contribution in [0.25, 0.3) is 33.6 Å². The summed E-state index contributed by atoms with van der Waals surface area (Å²) in [5.74, 6) is 2.27. The Kier molecular flexibility index (Phi) is 8.11. The van der Waals surface area contributed by atoms with Gasteiger partial charge in [-0.25, -0.2) is 9.97 Å². The van der Waals surface area contributed by atoms with Gasteiger partial charge in [0.25, 0.3) is 0 Å². The second-order valence-electron chi connectivity index (χ2n) is 15.5. The van der Waals surface area contributed by atoms with Gasteiger partial charge in [0.05, 0.1) is 35.7 Å². The molecule has 1 spiro atoms. The lowest BCUT2D eigenvalue weighted by molar-refractivity contribution is -0.161. The fourth-order valence-electron chi connectivity index (χ4n) is 9.58. The fraction of sp³-hybridized carbons (Fsp3) is 0.439. The molecule has 0 bridgehead atoms. The maximum Gasteiger partial charge on any atom is 0.219 e. The van der Waals surface area contributed by atoms with E-state index in [4.69, 9.17) is 42.6 Å². The summed E-state index contributed by atoms with van der Waals surface area (Å²) in [5, 5.41) is 1.20. The summed E-state index contributed by atoms with van der Waals surface area (Å²) >= 11 is 14.5. The lowest BCUT2D eigenvalue weighted by Crippen LogP contribution is -2.72. The Bertz CT molecular complexity index is 2070. The Balaban J connectivity index is 1.01. The van der Waals surface area contributed by atoms with Crippen molar-refractivity contribution in [1.82, 2.24) is 24.7 Å². The Hall–Kier alpha value is -3.69. The third kappa shape index (κ3) is 5.35. The zero-order chi connectivity index (χ0) is 35.2. The van der Waals surface area contributed by atoms with Crippen molar-refractivity contribution >= 4 is 29.1 Å². The maximum absolute atomic E-state index is 11.8. The van der Waals surface area contributed by atoms with Crippen molar-refractivity contribution in [3.63, 3.8) is 0 Å². The molecule has 10 heteroatoms. The third-order valence-electron chi connectivity index (χ3n) is 12.0.